The molecule has 0 spiro atoms. The fraction of sp³-hybridized carbons (Fsp3) is 0.212. The zero-order chi connectivity index (χ0) is 29.0. The van der Waals surface area contributed by atoms with Gasteiger partial charge in [0.25, 0.3) is 11.8 Å². The maximum Gasteiger partial charge on any atom is 0.268 e. The number of allylic oxidation sites excluding steroid dienone is 4. The number of rotatable bonds is 9. The van der Waals surface area contributed by atoms with E-state index in [0.717, 1.165) is 40.0 Å². The molecule has 2 N–H and O–H groups in total. The van der Waals surface area contributed by atoms with Gasteiger partial charge >= 0.3 is 0 Å². The van der Waals surface area contributed by atoms with Crippen molar-refractivity contribution >= 4 is 34.1 Å². The van der Waals surface area contributed by atoms with Crippen LogP contribution in [0.1, 0.15) is 53.7 Å². The van der Waals surface area contributed by atoms with Crippen LogP contribution in [0.4, 0.5) is 4.39 Å². The molecule has 1 aliphatic heterocycles. The van der Waals surface area contributed by atoms with E-state index < -0.39 is 0 Å². The second-order valence-electron chi connectivity index (χ2n) is 9.82. The third kappa shape index (κ3) is 5.89. The van der Waals surface area contributed by atoms with Crippen LogP contribution in [0.15, 0.2) is 102 Å². The Kier molecular flexibility index (Phi) is 8.64. The minimum absolute atomic E-state index is 0.137. The van der Waals surface area contributed by atoms with Gasteiger partial charge in [0.15, 0.2) is 0 Å². The molecular formula is C33H34FN3O2S. The summed E-state index contributed by atoms with van der Waals surface area (Å²) in [5.41, 5.74) is 4.97. The lowest BCUT2D eigenvalue weighted by atomic mass is 10.0. The molecule has 40 heavy (non-hydrogen) atoms. The van der Waals surface area contributed by atoms with Crippen LogP contribution in [0.3, 0.4) is 0 Å². The molecule has 0 unspecified atom stereocenters. The standard InChI is InChI=1S/C33H34FN3O2S/c1-7-9-10-26(8-2)33(17-18-33)36-31(38)25-12-11-21(3)28(19-25)29-20-37(23(5)40-29)30(32(39)35-6)22(4)24-13-15-27(34)16-14-24/h7-16,19-20H,1,5,17-18H2,2-4,6H3,(H,35,39)(H,36,38)/b10-9-,26-8+,30-22+. The predicted molar refractivity (Wildman–Crippen MR) is 163 cm³/mol. The smallest absolute Gasteiger partial charge is 0.268 e. The van der Waals surface area contributed by atoms with Gasteiger partial charge in [-0.1, -0.05) is 67.4 Å². The van der Waals surface area contributed by atoms with Crippen molar-refractivity contribution < 1.29 is 14.0 Å². The Morgan fingerprint density at radius 1 is 1.12 bits per heavy atom. The van der Waals surface area contributed by atoms with E-state index in [9.17, 15) is 14.0 Å². The van der Waals surface area contributed by atoms with E-state index >= 15 is 0 Å². The Morgan fingerprint density at radius 3 is 2.40 bits per heavy atom. The fourth-order valence-corrected chi connectivity index (χ4v) is 5.74. The minimum Gasteiger partial charge on any atom is -0.354 e. The molecule has 1 heterocycles. The normalized spacial score (nSPS) is 16.9. The van der Waals surface area contributed by atoms with Gasteiger partial charge in [0.1, 0.15) is 11.5 Å². The van der Waals surface area contributed by atoms with Gasteiger partial charge in [-0.05, 0) is 85.7 Å². The SMILES string of the molecule is C=C/C=C\C(=C/C)C1(NC(=O)c2ccc(C)c(C3=CN(/C(C(=O)NC)=C(\C)c4ccc(F)cc4)C(=C)S3)c2)CC1. The minimum atomic E-state index is -0.353. The maximum atomic E-state index is 13.5. The number of nitrogens with one attached hydrogen (secondary N) is 2. The van der Waals surface area contributed by atoms with Crippen molar-refractivity contribution in [3.8, 4) is 0 Å². The lowest BCUT2D eigenvalue weighted by molar-refractivity contribution is -0.117. The zero-order valence-corrected chi connectivity index (χ0v) is 24.1. The van der Waals surface area contributed by atoms with Gasteiger partial charge in [0, 0.05) is 23.7 Å². The molecular weight excluding hydrogens is 521 g/mol. The Bertz CT molecular complexity index is 1490. The highest BCUT2D eigenvalue weighted by atomic mass is 32.2. The molecule has 0 atom stereocenters. The van der Waals surface area contributed by atoms with E-state index in [1.807, 2.05) is 63.4 Å². The average molecular weight is 556 g/mol. The number of nitrogens with zero attached hydrogens (tertiary/aromatic N) is 1. The number of likely N-dealkylation sites (N-methyl/N-ethyl adjacent to an activating group) is 1. The third-order valence-electron chi connectivity index (χ3n) is 7.20. The summed E-state index contributed by atoms with van der Waals surface area (Å²) in [6.45, 7) is 13.7. The molecule has 0 saturated heterocycles. The first-order chi connectivity index (χ1) is 19.1. The summed E-state index contributed by atoms with van der Waals surface area (Å²) >= 11 is 1.43. The number of halogens is 1. The first kappa shape index (κ1) is 28.9. The van der Waals surface area contributed by atoms with Crippen LogP contribution in [-0.4, -0.2) is 29.3 Å². The monoisotopic (exact) mass is 555 g/mol. The number of aryl methyl sites for hydroxylation is 1. The Hall–Kier alpha value is -4.10. The van der Waals surface area contributed by atoms with Crippen molar-refractivity contribution in [2.45, 2.75) is 39.2 Å². The average Bonchev–Trinajstić information content (AvgIpc) is 3.62. The van der Waals surface area contributed by atoms with E-state index in [1.165, 1.54) is 23.9 Å². The van der Waals surface area contributed by atoms with Crippen molar-refractivity contribution in [3.05, 3.63) is 130 Å². The number of carbonyl (C=O) groups excluding carboxylic acids is 2. The number of carbonyl (C=O) groups is 2. The molecule has 2 aliphatic rings. The summed E-state index contributed by atoms with van der Waals surface area (Å²) in [4.78, 5) is 29.0. The van der Waals surface area contributed by atoms with Crippen LogP contribution in [0.2, 0.25) is 0 Å². The molecule has 0 aromatic heterocycles. The second-order valence-corrected chi connectivity index (χ2v) is 10.9. The van der Waals surface area contributed by atoms with E-state index in [1.54, 1.807) is 30.2 Å². The topological polar surface area (TPSA) is 61.4 Å². The molecule has 0 radical (unpaired) electrons. The number of amides is 2. The highest BCUT2D eigenvalue weighted by Crippen LogP contribution is 2.46. The van der Waals surface area contributed by atoms with Crippen LogP contribution in [0, 0.1) is 12.7 Å². The molecule has 1 fully saturated rings. The van der Waals surface area contributed by atoms with Crippen LogP contribution in [-0.2, 0) is 4.79 Å². The predicted octanol–water partition coefficient (Wildman–Crippen LogP) is 7.08. The van der Waals surface area contributed by atoms with Crippen molar-refractivity contribution in [3.63, 3.8) is 0 Å². The fourth-order valence-electron chi connectivity index (χ4n) is 4.75. The van der Waals surface area contributed by atoms with Crippen molar-refractivity contribution in [1.29, 1.82) is 0 Å². The summed E-state index contributed by atoms with van der Waals surface area (Å²) in [7, 11) is 1.57. The molecule has 206 valence electrons. The van der Waals surface area contributed by atoms with E-state index in [-0.39, 0.29) is 23.2 Å². The lowest BCUT2D eigenvalue weighted by Crippen LogP contribution is -2.38. The van der Waals surface area contributed by atoms with Crippen molar-refractivity contribution in [1.82, 2.24) is 15.5 Å². The van der Waals surface area contributed by atoms with Crippen LogP contribution < -0.4 is 10.6 Å². The molecule has 1 aliphatic carbocycles. The Balaban J connectivity index is 1.67. The quantitative estimate of drug-likeness (QED) is 0.256. The van der Waals surface area contributed by atoms with Gasteiger partial charge in [-0.25, -0.2) is 4.39 Å². The second kappa shape index (κ2) is 12.0. The highest BCUT2D eigenvalue weighted by Gasteiger charge is 2.46. The number of benzene rings is 2. The lowest BCUT2D eigenvalue weighted by Gasteiger charge is -2.22. The van der Waals surface area contributed by atoms with Gasteiger partial charge in [-0.3, -0.25) is 9.59 Å². The van der Waals surface area contributed by atoms with Crippen LogP contribution >= 0.6 is 11.8 Å². The molecule has 2 amide bonds. The summed E-state index contributed by atoms with van der Waals surface area (Å²) in [6.07, 6.45) is 11.3. The summed E-state index contributed by atoms with van der Waals surface area (Å²) in [6, 6.07) is 11.7. The summed E-state index contributed by atoms with van der Waals surface area (Å²) < 4.78 is 13.5. The van der Waals surface area contributed by atoms with Crippen molar-refractivity contribution in [2.75, 3.05) is 7.05 Å². The molecule has 0 bridgehead atoms. The summed E-state index contributed by atoms with van der Waals surface area (Å²) in [5, 5.41) is 6.60. The van der Waals surface area contributed by atoms with Gasteiger partial charge in [-0.15, -0.1) is 0 Å². The molecule has 5 nitrogen and oxygen atoms in total. The first-order valence-electron chi connectivity index (χ1n) is 13.1. The maximum absolute atomic E-state index is 13.5. The largest absolute Gasteiger partial charge is 0.354 e. The van der Waals surface area contributed by atoms with Gasteiger partial charge in [0.05, 0.1) is 10.6 Å². The molecule has 4 rings (SSSR count). The zero-order valence-electron chi connectivity index (χ0n) is 23.3. The number of hydrogen-bond acceptors (Lipinski definition) is 4. The molecule has 1 saturated carbocycles. The number of hydrogen-bond donors (Lipinski definition) is 2. The van der Waals surface area contributed by atoms with E-state index in [4.69, 9.17) is 0 Å². The van der Waals surface area contributed by atoms with Gasteiger partial charge < -0.3 is 15.5 Å². The van der Waals surface area contributed by atoms with Crippen LogP contribution in [0.25, 0.3) is 10.5 Å². The Morgan fingerprint density at radius 2 is 1.80 bits per heavy atom. The molecule has 7 heteroatoms. The van der Waals surface area contributed by atoms with Crippen LogP contribution in [0.5, 0.6) is 0 Å². The Labute approximate surface area is 239 Å². The summed E-state index contributed by atoms with van der Waals surface area (Å²) in [5.74, 6) is -0.767. The highest BCUT2D eigenvalue weighted by molar-refractivity contribution is 8.12. The van der Waals surface area contributed by atoms with Gasteiger partial charge in [0.2, 0.25) is 0 Å². The van der Waals surface area contributed by atoms with Crippen molar-refractivity contribution in [2.24, 2.45) is 0 Å². The number of thioether (sulfide) groups is 1. The molecule has 2 aromatic carbocycles. The molecule has 2 aromatic rings. The first-order valence-corrected chi connectivity index (χ1v) is 13.9. The van der Waals surface area contributed by atoms with E-state index in [2.05, 4.69) is 23.8 Å². The van der Waals surface area contributed by atoms with E-state index in [0.29, 0.717) is 21.9 Å². The third-order valence-corrected chi connectivity index (χ3v) is 8.18. The van der Waals surface area contributed by atoms with Gasteiger partial charge in [-0.2, -0.15) is 0 Å².